The summed E-state index contributed by atoms with van der Waals surface area (Å²) in [5, 5.41) is 2.99. The van der Waals surface area contributed by atoms with Gasteiger partial charge in [-0.1, -0.05) is 18.2 Å². The summed E-state index contributed by atoms with van der Waals surface area (Å²) >= 11 is 0. The summed E-state index contributed by atoms with van der Waals surface area (Å²) in [5.74, 6) is 0.667. The predicted octanol–water partition coefficient (Wildman–Crippen LogP) is 5.00. The van der Waals surface area contributed by atoms with Gasteiger partial charge < -0.3 is 10.2 Å². The van der Waals surface area contributed by atoms with E-state index in [-0.39, 0.29) is 5.91 Å². The van der Waals surface area contributed by atoms with E-state index in [4.69, 9.17) is 0 Å². The van der Waals surface area contributed by atoms with E-state index in [1.807, 2.05) is 62.6 Å². The van der Waals surface area contributed by atoms with Crippen molar-refractivity contribution in [1.29, 1.82) is 0 Å². The number of nitrogens with one attached hydrogen (secondary N) is 1. The fourth-order valence-electron chi connectivity index (χ4n) is 3.82. The van der Waals surface area contributed by atoms with Crippen molar-refractivity contribution in [3.8, 4) is 11.1 Å². The largest absolute Gasteiger partial charge is 0.341 e. The highest BCUT2D eigenvalue weighted by Gasteiger charge is 2.14. The molecule has 0 unspecified atom stereocenters. The van der Waals surface area contributed by atoms with Gasteiger partial charge in [-0.25, -0.2) is 9.97 Å². The molecule has 1 N–H and O–H groups in total. The number of carbonyl (C=O) groups excluding carboxylic acids is 1. The van der Waals surface area contributed by atoms with Crippen molar-refractivity contribution in [3.63, 3.8) is 0 Å². The molecular formula is C24H26N4O. The Kier molecular flexibility index (Phi) is 5.56. The van der Waals surface area contributed by atoms with E-state index in [0.717, 1.165) is 47.0 Å². The molecule has 0 radical (unpaired) electrons. The van der Waals surface area contributed by atoms with Crippen LogP contribution in [-0.4, -0.2) is 29.0 Å². The van der Waals surface area contributed by atoms with Crippen molar-refractivity contribution in [2.45, 2.75) is 33.1 Å². The van der Waals surface area contributed by atoms with E-state index in [0.29, 0.717) is 5.56 Å². The summed E-state index contributed by atoms with van der Waals surface area (Å²) in [5.41, 5.74) is 5.52. The SMILES string of the molecule is Cc1cc(C)cc(NC(=O)c2cccc(-c3cnc(N4CCCCC4)nc3)c2)c1. The maximum Gasteiger partial charge on any atom is 0.255 e. The highest BCUT2D eigenvalue weighted by Crippen LogP contribution is 2.22. The van der Waals surface area contributed by atoms with Crippen LogP contribution in [0, 0.1) is 13.8 Å². The van der Waals surface area contributed by atoms with Crippen molar-refractivity contribution < 1.29 is 4.79 Å². The smallest absolute Gasteiger partial charge is 0.255 e. The minimum absolute atomic E-state index is 0.122. The second-order valence-corrected chi connectivity index (χ2v) is 7.73. The number of hydrogen-bond donors (Lipinski definition) is 1. The fourth-order valence-corrected chi connectivity index (χ4v) is 3.82. The minimum atomic E-state index is -0.122. The third kappa shape index (κ3) is 4.62. The van der Waals surface area contributed by atoms with Gasteiger partial charge in [0.05, 0.1) is 0 Å². The van der Waals surface area contributed by atoms with Crippen molar-refractivity contribution in [2.24, 2.45) is 0 Å². The standard InChI is InChI=1S/C24H26N4O/c1-17-11-18(2)13-22(12-17)27-23(29)20-8-6-7-19(14-20)21-15-25-24(26-16-21)28-9-4-3-5-10-28/h6-8,11-16H,3-5,9-10H2,1-2H3,(H,27,29). The molecule has 1 amide bonds. The number of hydrogen-bond acceptors (Lipinski definition) is 4. The number of aryl methyl sites for hydroxylation is 2. The topological polar surface area (TPSA) is 58.1 Å². The van der Waals surface area contributed by atoms with Crippen molar-refractivity contribution in [2.75, 3.05) is 23.3 Å². The Balaban J connectivity index is 1.51. The first-order valence-corrected chi connectivity index (χ1v) is 10.2. The molecule has 0 bridgehead atoms. The Labute approximate surface area is 171 Å². The first-order valence-electron chi connectivity index (χ1n) is 10.2. The van der Waals surface area contributed by atoms with Gasteiger partial charge in [0, 0.05) is 42.3 Å². The van der Waals surface area contributed by atoms with Gasteiger partial charge in [0.1, 0.15) is 0 Å². The van der Waals surface area contributed by atoms with E-state index in [1.54, 1.807) is 0 Å². The van der Waals surface area contributed by atoms with E-state index in [1.165, 1.54) is 19.3 Å². The Morgan fingerprint density at radius 2 is 1.59 bits per heavy atom. The zero-order valence-electron chi connectivity index (χ0n) is 17.0. The number of aromatic nitrogens is 2. The summed E-state index contributed by atoms with van der Waals surface area (Å²) in [6.45, 7) is 6.09. The average Bonchev–Trinajstić information content (AvgIpc) is 2.74. The van der Waals surface area contributed by atoms with Crippen LogP contribution < -0.4 is 10.2 Å². The van der Waals surface area contributed by atoms with Crippen LogP contribution in [0.1, 0.15) is 40.7 Å². The quantitative estimate of drug-likeness (QED) is 0.685. The lowest BCUT2D eigenvalue weighted by Gasteiger charge is -2.26. The van der Waals surface area contributed by atoms with Crippen molar-refractivity contribution >= 4 is 17.5 Å². The molecule has 1 fully saturated rings. The molecule has 1 aliphatic rings. The zero-order chi connectivity index (χ0) is 20.2. The molecule has 0 saturated carbocycles. The molecule has 2 heterocycles. The highest BCUT2D eigenvalue weighted by molar-refractivity contribution is 6.05. The molecule has 4 rings (SSSR count). The maximum absolute atomic E-state index is 12.7. The zero-order valence-corrected chi connectivity index (χ0v) is 17.0. The first kappa shape index (κ1) is 19.1. The van der Waals surface area contributed by atoms with Gasteiger partial charge in [-0.2, -0.15) is 0 Å². The maximum atomic E-state index is 12.7. The van der Waals surface area contributed by atoms with Crippen LogP contribution in [0.5, 0.6) is 0 Å². The molecule has 5 nitrogen and oxygen atoms in total. The molecule has 3 aromatic rings. The second kappa shape index (κ2) is 8.43. The van der Waals surface area contributed by atoms with E-state index < -0.39 is 0 Å². The number of benzene rings is 2. The number of nitrogens with zero attached hydrogens (tertiary/aromatic N) is 3. The van der Waals surface area contributed by atoms with Gasteiger partial charge in [0.2, 0.25) is 5.95 Å². The summed E-state index contributed by atoms with van der Waals surface area (Å²) in [6.07, 6.45) is 7.37. The van der Waals surface area contributed by atoms with Gasteiger partial charge in [-0.15, -0.1) is 0 Å². The van der Waals surface area contributed by atoms with Gasteiger partial charge in [-0.3, -0.25) is 4.79 Å². The third-order valence-corrected chi connectivity index (χ3v) is 5.21. The van der Waals surface area contributed by atoms with Gasteiger partial charge in [0.25, 0.3) is 5.91 Å². The van der Waals surface area contributed by atoms with E-state index in [2.05, 4.69) is 26.3 Å². The predicted molar refractivity (Wildman–Crippen MR) is 117 cm³/mol. The number of rotatable bonds is 4. The number of carbonyl (C=O) groups is 1. The molecule has 1 aromatic heterocycles. The molecule has 5 heteroatoms. The lowest BCUT2D eigenvalue weighted by molar-refractivity contribution is 0.102. The molecule has 29 heavy (non-hydrogen) atoms. The highest BCUT2D eigenvalue weighted by atomic mass is 16.1. The average molecular weight is 386 g/mol. The molecule has 2 aromatic carbocycles. The van der Waals surface area contributed by atoms with Crippen LogP contribution in [-0.2, 0) is 0 Å². The Hall–Kier alpha value is -3.21. The lowest BCUT2D eigenvalue weighted by Crippen LogP contribution is -2.30. The summed E-state index contributed by atoms with van der Waals surface area (Å²) < 4.78 is 0. The Morgan fingerprint density at radius 1 is 0.897 bits per heavy atom. The normalized spacial score (nSPS) is 13.9. The molecular weight excluding hydrogens is 360 g/mol. The molecule has 148 valence electrons. The summed E-state index contributed by atoms with van der Waals surface area (Å²) in [7, 11) is 0. The van der Waals surface area contributed by atoms with Crippen LogP contribution in [0.2, 0.25) is 0 Å². The monoisotopic (exact) mass is 386 g/mol. The van der Waals surface area contributed by atoms with E-state index >= 15 is 0 Å². The van der Waals surface area contributed by atoms with E-state index in [9.17, 15) is 4.79 Å². The molecule has 1 aliphatic heterocycles. The molecule has 0 aliphatic carbocycles. The van der Waals surface area contributed by atoms with Gasteiger partial charge in [-0.05, 0) is 74.1 Å². The van der Waals surface area contributed by atoms with Crippen LogP contribution in [0.15, 0.2) is 54.9 Å². The third-order valence-electron chi connectivity index (χ3n) is 5.21. The number of amides is 1. The Morgan fingerprint density at radius 3 is 2.28 bits per heavy atom. The van der Waals surface area contributed by atoms with Gasteiger partial charge >= 0.3 is 0 Å². The Bertz CT molecular complexity index is 987. The minimum Gasteiger partial charge on any atom is -0.341 e. The molecule has 1 saturated heterocycles. The van der Waals surface area contributed by atoms with Crippen molar-refractivity contribution in [3.05, 3.63) is 71.5 Å². The molecule has 0 spiro atoms. The lowest BCUT2D eigenvalue weighted by atomic mass is 10.1. The van der Waals surface area contributed by atoms with Gasteiger partial charge in [0.15, 0.2) is 0 Å². The number of anilines is 2. The first-order chi connectivity index (χ1) is 14.1. The van der Waals surface area contributed by atoms with Crippen LogP contribution in [0.3, 0.4) is 0 Å². The fraction of sp³-hybridized carbons (Fsp3) is 0.292. The van der Waals surface area contributed by atoms with Crippen molar-refractivity contribution in [1.82, 2.24) is 9.97 Å². The number of piperidine rings is 1. The van der Waals surface area contributed by atoms with Crippen LogP contribution in [0.25, 0.3) is 11.1 Å². The van der Waals surface area contributed by atoms with Crippen LogP contribution >= 0.6 is 0 Å². The molecule has 0 atom stereocenters. The van der Waals surface area contributed by atoms with Crippen LogP contribution in [0.4, 0.5) is 11.6 Å². The summed E-state index contributed by atoms with van der Waals surface area (Å²) in [4.78, 5) is 24.1. The second-order valence-electron chi connectivity index (χ2n) is 7.73. The summed E-state index contributed by atoms with van der Waals surface area (Å²) in [6, 6.07) is 13.6.